The van der Waals surface area contributed by atoms with Gasteiger partial charge in [-0.2, -0.15) is 0 Å². The van der Waals surface area contributed by atoms with Gasteiger partial charge in [0.05, 0.1) is 0 Å². The van der Waals surface area contributed by atoms with Gasteiger partial charge >= 0.3 is 0 Å². The van der Waals surface area contributed by atoms with Crippen molar-refractivity contribution in [3.05, 3.63) is 65.0 Å². The van der Waals surface area contributed by atoms with Gasteiger partial charge in [0.15, 0.2) is 6.10 Å². The Morgan fingerprint density at radius 2 is 1.67 bits per heavy atom. The summed E-state index contributed by atoms with van der Waals surface area (Å²) in [5.41, 5.74) is 6.97. The lowest BCUT2D eigenvalue weighted by Crippen LogP contribution is -2.47. The molecule has 0 aliphatic rings. The van der Waals surface area contributed by atoms with E-state index in [2.05, 4.69) is 10.9 Å². The molecule has 24 heavy (non-hydrogen) atoms. The van der Waals surface area contributed by atoms with Gasteiger partial charge in [-0.25, -0.2) is 4.39 Å². The maximum absolute atomic E-state index is 12.8. The van der Waals surface area contributed by atoms with Crippen LogP contribution in [0.3, 0.4) is 0 Å². The van der Waals surface area contributed by atoms with Gasteiger partial charge in [0.2, 0.25) is 0 Å². The Morgan fingerprint density at radius 3 is 2.29 bits per heavy atom. The quantitative estimate of drug-likeness (QED) is 0.847. The number of carbonyl (C=O) groups is 2. The van der Waals surface area contributed by atoms with Crippen molar-refractivity contribution in [2.45, 2.75) is 26.9 Å². The molecule has 1 unspecified atom stereocenters. The highest BCUT2D eigenvalue weighted by molar-refractivity contribution is 5.95. The van der Waals surface area contributed by atoms with Gasteiger partial charge in [-0.05, 0) is 68.3 Å². The molecule has 1 atom stereocenters. The summed E-state index contributed by atoms with van der Waals surface area (Å²) in [4.78, 5) is 23.8. The van der Waals surface area contributed by atoms with E-state index < -0.39 is 23.7 Å². The minimum Gasteiger partial charge on any atom is -0.481 e. The van der Waals surface area contributed by atoms with Crippen molar-refractivity contribution in [1.82, 2.24) is 10.9 Å². The summed E-state index contributed by atoms with van der Waals surface area (Å²) >= 11 is 0. The molecule has 2 rings (SSSR count). The third-order valence-corrected chi connectivity index (χ3v) is 3.57. The molecule has 0 radical (unpaired) electrons. The first kappa shape index (κ1) is 17.5. The van der Waals surface area contributed by atoms with Crippen LogP contribution in [-0.4, -0.2) is 17.9 Å². The van der Waals surface area contributed by atoms with Gasteiger partial charge in [-0.3, -0.25) is 20.4 Å². The smallest absolute Gasteiger partial charge is 0.279 e. The van der Waals surface area contributed by atoms with Gasteiger partial charge < -0.3 is 4.74 Å². The molecule has 0 spiro atoms. The monoisotopic (exact) mass is 330 g/mol. The highest BCUT2D eigenvalue weighted by Gasteiger charge is 2.16. The number of hydrogen-bond acceptors (Lipinski definition) is 3. The fourth-order valence-corrected chi connectivity index (χ4v) is 1.94. The zero-order valence-electron chi connectivity index (χ0n) is 13.7. The highest BCUT2D eigenvalue weighted by Crippen LogP contribution is 2.17. The SMILES string of the molecule is Cc1ccc(OC(C)C(=O)NNC(=O)c2ccc(F)cc2)cc1C. The summed E-state index contributed by atoms with van der Waals surface area (Å²) < 4.78 is 18.4. The van der Waals surface area contributed by atoms with Crippen molar-refractivity contribution in [2.24, 2.45) is 0 Å². The van der Waals surface area contributed by atoms with Crippen LogP contribution in [0.2, 0.25) is 0 Å². The molecule has 2 amide bonds. The minimum atomic E-state index is -0.791. The van der Waals surface area contributed by atoms with Gasteiger partial charge in [-0.15, -0.1) is 0 Å². The Labute approximate surface area is 139 Å². The number of rotatable bonds is 4. The van der Waals surface area contributed by atoms with Crippen LogP contribution in [0.15, 0.2) is 42.5 Å². The van der Waals surface area contributed by atoms with Crippen molar-refractivity contribution >= 4 is 11.8 Å². The zero-order valence-corrected chi connectivity index (χ0v) is 13.7. The first-order valence-corrected chi connectivity index (χ1v) is 7.46. The van der Waals surface area contributed by atoms with Crippen molar-refractivity contribution in [3.8, 4) is 5.75 Å². The molecule has 2 aromatic carbocycles. The average molecular weight is 330 g/mol. The van der Waals surface area contributed by atoms with E-state index in [1.165, 1.54) is 24.3 Å². The van der Waals surface area contributed by atoms with Crippen LogP contribution in [0.25, 0.3) is 0 Å². The second-order valence-electron chi connectivity index (χ2n) is 5.46. The number of halogens is 1. The van der Waals surface area contributed by atoms with Crippen molar-refractivity contribution in [3.63, 3.8) is 0 Å². The molecule has 0 saturated carbocycles. The van der Waals surface area contributed by atoms with E-state index in [9.17, 15) is 14.0 Å². The topological polar surface area (TPSA) is 67.4 Å². The molecule has 0 aliphatic heterocycles. The van der Waals surface area contributed by atoms with Crippen LogP contribution in [0.5, 0.6) is 5.75 Å². The number of nitrogens with one attached hydrogen (secondary N) is 2. The molecular formula is C18H19FN2O3. The van der Waals surface area contributed by atoms with Crippen molar-refractivity contribution in [2.75, 3.05) is 0 Å². The van der Waals surface area contributed by atoms with Crippen molar-refractivity contribution in [1.29, 1.82) is 0 Å². The lowest BCUT2D eigenvalue weighted by atomic mass is 10.1. The van der Waals surface area contributed by atoms with Crippen molar-refractivity contribution < 1.29 is 18.7 Å². The first-order chi connectivity index (χ1) is 11.4. The maximum Gasteiger partial charge on any atom is 0.279 e. The lowest BCUT2D eigenvalue weighted by Gasteiger charge is -2.16. The van der Waals surface area contributed by atoms with Crippen LogP contribution < -0.4 is 15.6 Å². The minimum absolute atomic E-state index is 0.236. The average Bonchev–Trinajstić information content (AvgIpc) is 2.56. The molecule has 126 valence electrons. The number of benzene rings is 2. The Kier molecular flexibility index (Phi) is 5.52. The number of carbonyl (C=O) groups excluding carboxylic acids is 2. The molecule has 2 N–H and O–H groups in total. The van der Waals surface area contributed by atoms with E-state index in [-0.39, 0.29) is 5.56 Å². The van der Waals surface area contributed by atoms with E-state index in [4.69, 9.17) is 4.74 Å². The van der Waals surface area contributed by atoms with Crippen LogP contribution in [-0.2, 0) is 4.79 Å². The number of aryl methyl sites for hydroxylation is 2. The van der Waals surface area contributed by atoms with E-state index in [0.717, 1.165) is 11.1 Å². The van der Waals surface area contributed by atoms with Gasteiger partial charge in [-0.1, -0.05) is 6.07 Å². The summed E-state index contributed by atoms with van der Waals surface area (Å²) in [6.07, 6.45) is -0.791. The molecule has 0 bridgehead atoms. The fourth-order valence-electron chi connectivity index (χ4n) is 1.94. The second kappa shape index (κ2) is 7.59. The first-order valence-electron chi connectivity index (χ1n) is 7.46. The molecule has 0 fully saturated rings. The third-order valence-electron chi connectivity index (χ3n) is 3.57. The Hall–Kier alpha value is -2.89. The largest absolute Gasteiger partial charge is 0.481 e. The zero-order chi connectivity index (χ0) is 17.7. The summed E-state index contributed by atoms with van der Waals surface area (Å²) in [7, 11) is 0. The molecule has 0 aromatic heterocycles. The molecule has 0 saturated heterocycles. The van der Waals surface area contributed by atoms with Crippen LogP contribution in [0.1, 0.15) is 28.4 Å². The van der Waals surface area contributed by atoms with Gasteiger partial charge in [0.25, 0.3) is 11.8 Å². The van der Waals surface area contributed by atoms with Crippen LogP contribution in [0, 0.1) is 19.7 Å². The molecule has 0 aliphatic carbocycles. The normalized spacial score (nSPS) is 11.5. The number of amides is 2. The number of hydrogen-bond donors (Lipinski definition) is 2. The van der Waals surface area contributed by atoms with Crippen LogP contribution in [0.4, 0.5) is 4.39 Å². The predicted octanol–water partition coefficient (Wildman–Crippen LogP) is 2.67. The third kappa shape index (κ3) is 4.55. The molecule has 2 aromatic rings. The highest BCUT2D eigenvalue weighted by atomic mass is 19.1. The van der Waals surface area contributed by atoms with Crippen LogP contribution >= 0.6 is 0 Å². The Bertz CT molecular complexity index is 744. The van der Waals surface area contributed by atoms with E-state index in [1.807, 2.05) is 26.0 Å². The summed E-state index contributed by atoms with van der Waals surface area (Å²) in [6, 6.07) is 10.5. The van der Waals surface area contributed by atoms with E-state index in [1.54, 1.807) is 13.0 Å². The standard InChI is InChI=1S/C18H19FN2O3/c1-11-4-9-16(10-12(11)2)24-13(3)17(22)20-21-18(23)14-5-7-15(19)8-6-14/h4-10,13H,1-3H3,(H,20,22)(H,21,23). The molecule has 0 heterocycles. The second-order valence-corrected chi connectivity index (χ2v) is 5.46. The number of ether oxygens (including phenoxy) is 1. The molecule has 6 heteroatoms. The molecule has 5 nitrogen and oxygen atoms in total. The summed E-state index contributed by atoms with van der Waals surface area (Å²) in [5, 5.41) is 0. The number of hydrazine groups is 1. The summed E-state index contributed by atoms with van der Waals surface area (Å²) in [6.45, 7) is 5.52. The fraction of sp³-hybridized carbons (Fsp3) is 0.222. The lowest BCUT2D eigenvalue weighted by molar-refractivity contribution is -0.128. The van der Waals surface area contributed by atoms with Gasteiger partial charge in [0, 0.05) is 5.56 Å². The Morgan fingerprint density at radius 1 is 1.00 bits per heavy atom. The Balaban J connectivity index is 1.88. The molecular weight excluding hydrogens is 311 g/mol. The predicted molar refractivity (Wildman–Crippen MR) is 88.0 cm³/mol. The van der Waals surface area contributed by atoms with E-state index >= 15 is 0 Å². The summed E-state index contributed by atoms with van der Waals surface area (Å²) in [5.74, 6) is -0.901. The van der Waals surface area contributed by atoms with Gasteiger partial charge in [0.1, 0.15) is 11.6 Å². The van der Waals surface area contributed by atoms with E-state index in [0.29, 0.717) is 5.75 Å². The maximum atomic E-state index is 12.8.